The number of nitrogens with zero attached hydrogens (tertiary/aromatic N) is 8. The number of carbonyl (C=O) groups is 3. The largest absolute Gasteiger partial charge is 0.369 e. The number of nitrogens with one attached hydrogen (secondary N) is 6. The molecule has 2 aromatic heterocycles. The average molecular weight is 965 g/mol. The maximum Gasteiger partial charge on any atom is 0.246 e. The molecule has 17 heteroatoms. The highest BCUT2D eigenvalue weighted by Gasteiger charge is 2.20. The van der Waals surface area contributed by atoms with Crippen molar-refractivity contribution in [1.82, 2.24) is 40.4 Å². The number of aromatic nitrogens is 4. The molecule has 4 aromatic rings. The van der Waals surface area contributed by atoms with Crippen molar-refractivity contribution in [2.45, 2.75) is 93.0 Å². The molecule has 376 valence electrons. The third-order valence-corrected chi connectivity index (χ3v) is 10.3. The van der Waals surface area contributed by atoms with Gasteiger partial charge in [-0.05, 0) is 102 Å². The number of amides is 3. The molecule has 0 aliphatic rings. The smallest absolute Gasteiger partial charge is 0.246 e. The maximum absolute atomic E-state index is 12.4. The predicted molar refractivity (Wildman–Crippen MR) is 285 cm³/mol. The van der Waals surface area contributed by atoms with Crippen LogP contribution in [-0.4, -0.2) is 107 Å². The van der Waals surface area contributed by atoms with E-state index in [1.807, 2.05) is 45.0 Å². The molecule has 0 unspecified atom stereocenters. The number of anilines is 6. The first kappa shape index (κ1) is 59.1. The summed E-state index contributed by atoms with van der Waals surface area (Å²) in [6.07, 6.45) is 12.1. The van der Waals surface area contributed by atoms with Crippen molar-refractivity contribution in [3.05, 3.63) is 95.3 Å². The molecule has 0 aliphatic carbocycles. The van der Waals surface area contributed by atoms with Crippen LogP contribution in [0.25, 0.3) is 0 Å². The number of carbonyl (C=O) groups excluding carboxylic acids is 3. The number of likely N-dealkylation sites (N-methyl/N-ethyl adjacent to an activating group) is 2. The van der Waals surface area contributed by atoms with Crippen LogP contribution in [0, 0.1) is 52.3 Å². The fourth-order valence-electron chi connectivity index (χ4n) is 5.79. The van der Waals surface area contributed by atoms with Crippen LogP contribution in [0.2, 0.25) is 0 Å². The lowest BCUT2D eigenvalue weighted by atomic mass is 10.1. The molecule has 2 atom stereocenters. The topological polar surface area (TPSA) is 229 Å². The first-order valence-corrected chi connectivity index (χ1v) is 23.7. The van der Waals surface area contributed by atoms with Crippen molar-refractivity contribution in [2.24, 2.45) is 5.92 Å². The summed E-state index contributed by atoms with van der Waals surface area (Å²) in [5.74, 6) is 14.5. The molecule has 71 heavy (non-hydrogen) atoms. The zero-order valence-electron chi connectivity index (χ0n) is 41.9. The van der Waals surface area contributed by atoms with Gasteiger partial charge in [0.2, 0.25) is 29.6 Å². The van der Waals surface area contributed by atoms with Gasteiger partial charge in [-0.3, -0.25) is 14.4 Å². The van der Waals surface area contributed by atoms with E-state index in [1.54, 1.807) is 68.8 Å². The highest BCUT2D eigenvalue weighted by Crippen LogP contribution is 2.20. The average Bonchev–Trinajstić information content (AvgIpc) is 3.37. The second kappa shape index (κ2) is 33.5. The number of hydrogen-bond donors (Lipinski definition) is 6. The number of hydrogen-bond acceptors (Lipinski definition) is 14. The molecule has 2 aromatic carbocycles. The van der Waals surface area contributed by atoms with Crippen molar-refractivity contribution in [2.75, 3.05) is 75.1 Å². The monoisotopic (exact) mass is 965 g/mol. The minimum absolute atomic E-state index is 0. The van der Waals surface area contributed by atoms with Gasteiger partial charge in [0.25, 0.3) is 0 Å². The van der Waals surface area contributed by atoms with Crippen molar-refractivity contribution in [3.63, 3.8) is 0 Å². The van der Waals surface area contributed by atoms with Crippen molar-refractivity contribution in [3.8, 4) is 35.8 Å². The molecule has 0 saturated carbocycles. The molecule has 0 aliphatic heterocycles. The van der Waals surface area contributed by atoms with Gasteiger partial charge in [0.05, 0.1) is 46.8 Å². The number of benzene rings is 2. The zero-order chi connectivity index (χ0) is 51.1. The minimum atomic E-state index is -0.576. The molecule has 4 rings (SSSR count). The minimum Gasteiger partial charge on any atom is -0.369 e. The Kier molecular flexibility index (Phi) is 27.9. The maximum atomic E-state index is 12.4. The van der Waals surface area contributed by atoms with Crippen LogP contribution < -0.4 is 31.9 Å². The van der Waals surface area contributed by atoms with Gasteiger partial charge in [-0.2, -0.15) is 20.5 Å². The summed E-state index contributed by atoms with van der Waals surface area (Å²) in [4.78, 5) is 57.7. The van der Waals surface area contributed by atoms with Crippen LogP contribution in [0.4, 0.5) is 34.9 Å². The second-order valence-electron chi connectivity index (χ2n) is 16.4. The lowest BCUT2D eigenvalue weighted by Crippen LogP contribution is -2.45. The van der Waals surface area contributed by atoms with E-state index in [4.69, 9.17) is 10.5 Å². The molecule has 17 nitrogen and oxygen atoms in total. The Labute approximate surface area is 421 Å². The van der Waals surface area contributed by atoms with Crippen molar-refractivity contribution in [1.29, 1.82) is 10.5 Å². The van der Waals surface area contributed by atoms with E-state index in [2.05, 4.69) is 102 Å². The van der Waals surface area contributed by atoms with Gasteiger partial charge in [-0.15, -0.1) is 0 Å². The number of nitriles is 2. The summed E-state index contributed by atoms with van der Waals surface area (Å²) < 4.78 is 0. The van der Waals surface area contributed by atoms with Gasteiger partial charge in [0.1, 0.15) is 17.7 Å². The summed E-state index contributed by atoms with van der Waals surface area (Å²) >= 11 is 0. The lowest BCUT2D eigenvalue weighted by molar-refractivity contribution is -0.135. The molecule has 0 bridgehead atoms. The standard InChI is InChI=1S/C29H38N8O2.C24H30N6O.CH4/c1-6-17-31-27-24(21-33-29(35-27)34-25-15-13-23(20-30)14-16-25)11-8-7-9-18-32-28(39)22(2)37(5)26(38)12-10-19-36(3)4;1-4-14-26-22-20(9-7-6-8-15-27-23(31)18(3)5-2)17-28-24(30-22)29-21-12-10-19(16-25)11-13-21;/h10,12-16,21-22H,6-7,9,17-19H2,1-5H3,(H,32,39)(H2,31,33,34,35);10-13,17-18H,4-6,8,14-15H2,1-3H3,(H,27,31)(H2,26,28,29,30);1H4/b12-10+;;/t22-;18-;/m01./s1. The zero-order valence-corrected chi connectivity index (χ0v) is 41.9. The molecular formula is C54H72N14O3. The van der Waals surface area contributed by atoms with Crippen LogP contribution in [0.15, 0.2) is 73.1 Å². The van der Waals surface area contributed by atoms with E-state index in [1.165, 1.54) is 11.0 Å². The van der Waals surface area contributed by atoms with Gasteiger partial charge in [0.15, 0.2) is 0 Å². The van der Waals surface area contributed by atoms with Gasteiger partial charge >= 0.3 is 0 Å². The van der Waals surface area contributed by atoms with Crippen LogP contribution in [-0.2, 0) is 14.4 Å². The summed E-state index contributed by atoms with van der Waals surface area (Å²) in [6.45, 7) is 13.1. The SMILES string of the molecule is C.CCCNc1nc(Nc2ccc(C#N)cc2)ncc1C#CCCCNC(=O)[C@H](C)CC.CCCNc1nc(Nc2ccc(C#N)cc2)ncc1C#CCCCNC(=O)[C@H](C)N(C)C(=O)/C=C/CN(C)C. The van der Waals surface area contributed by atoms with Crippen LogP contribution in [0.1, 0.15) is 109 Å². The quantitative estimate of drug-likeness (QED) is 0.0235. The predicted octanol–water partition coefficient (Wildman–Crippen LogP) is 7.97. The molecule has 6 N–H and O–H groups in total. The van der Waals surface area contributed by atoms with Crippen molar-refractivity contribution >= 4 is 52.6 Å². The Balaban J connectivity index is 0.000000492. The van der Waals surface area contributed by atoms with E-state index >= 15 is 0 Å². The third-order valence-electron chi connectivity index (χ3n) is 10.3. The summed E-state index contributed by atoms with van der Waals surface area (Å²) in [7, 11) is 5.46. The number of unbranched alkanes of at least 4 members (excludes halogenated alkanes) is 2. The second-order valence-corrected chi connectivity index (χ2v) is 16.4. The lowest BCUT2D eigenvalue weighted by Gasteiger charge is -2.23. The fraction of sp³-hybridized carbons (Fsp3) is 0.426. The van der Waals surface area contributed by atoms with Crippen molar-refractivity contribution < 1.29 is 14.4 Å². The van der Waals surface area contributed by atoms with Crippen LogP contribution in [0.3, 0.4) is 0 Å². The van der Waals surface area contributed by atoms with Gasteiger partial charge < -0.3 is 41.7 Å². The van der Waals surface area contributed by atoms with E-state index in [9.17, 15) is 14.4 Å². The summed E-state index contributed by atoms with van der Waals surface area (Å²) in [5, 5.41) is 36.6. The normalized spacial score (nSPS) is 11.0. The highest BCUT2D eigenvalue weighted by atomic mass is 16.2. The first-order chi connectivity index (χ1) is 33.8. The highest BCUT2D eigenvalue weighted by molar-refractivity contribution is 5.92. The molecule has 2 heterocycles. The van der Waals surface area contributed by atoms with E-state index < -0.39 is 6.04 Å². The van der Waals surface area contributed by atoms with E-state index in [-0.39, 0.29) is 31.1 Å². The first-order valence-electron chi connectivity index (χ1n) is 23.7. The molecule has 0 saturated heterocycles. The molecule has 3 amide bonds. The van der Waals surface area contributed by atoms with Gasteiger partial charge in [0, 0.05) is 76.0 Å². The summed E-state index contributed by atoms with van der Waals surface area (Å²) in [6, 6.07) is 17.8. The molecular weight excluding hydrogens is 893 g/mol. The molecule has 0 radical (unpaired) electrons. The van der Waals surface area contributed by atoms with Gasteiger partial charge in [-0.1, -0.05) is 64.9 Å². The fourth-order valence-corrected chi connectivity index (χ4v) is 5.79. The Bertz CT molecular complexity index is 2530. The Morgan fingerprint density at radius 2 is 1.13 bits per heavy atom. The molecule has 0 fully saturated rings. The van der Waals surface area contributed by atoms with Crippen LogP contribution in [0.5, 0.6) is 0 Å². The Hall–Kier alpha value is -7.99. The summed E-state index contributed by atoms with van der Waals surface area (Å²) in [5.41, 5.74) is 4.19. The third kappa shape index (κ3) is 22.3. The van der Waals surface area contributed by atoms with E-state index in [0.29, 0.717) is 79.1 Å². The molecule has 0 spiro atoms. The van der Waals surface area contributed by atoms with Crippen LogP contribution >= 0.6 is 0 Å². The van der Waals surface area contributed by atoms with E-state index in [0.717, 1.165) is 55.7 Å². The number of rotatable bonds is 23. The Morgan fingerprint density at radius 1 is 0.676 bits per heavy atom. The van der Waals surface area contributed by atoms with Gasteiger partial charge in [-0.25, -0.2) is 9.97 Å². The Morgan fingerprint density at radius 3 is 1.54 bits per heavy atom.